The molecule has 3 nitrogen and oxygen atoms in total. The van der Waals surface area contributed by atoms with Gasteiger partial charge in [-0.1, -0.05) is 18.5 Å². The summed E-state index contributed by atoms with van der Waals surface area (Å²) in [7, 11) is -3.75. The Bertz CT molecular complexity index is 524. The molecule has 0 fully saturated rings. The van der Waals surface area contributed by atoms with Gasteiger partial charge in [-0.2, -0.15) is 0 Å². The lowest BCUT2D eigenvalue weighted by Gasteiger charge is -2.21. The Kier molecular flexibility index (Phi) is 3.94. The summed E-state index contributed by atoms with van der Waals surface area (Å²) < 4.78 is 33.8. The van der Waals surface area contributed by atoms with Crippen molar-refractivity contribution >= 4 is 27.2 Å². The number of carbonyl (C=O) groups excluding carboxylic acids is 1. The van der Waals surface area contributed by atoms with Crippen LogP contribution >= 0.6 is 11.6 Å². The van der Waals surface area contributed by atoms with Gasteiger partial charge in [0.15, 0.2) is 15.6 Å². The molecule has 1 aromatic rings. The Balaban J connectivity index is 3.24. The molecule has 0 saturated carbocycles. The monoisotopic (exact) mass is 278 g/mol. The molecule has 1 rings (SSSR count). The fraction of sp³-hybridized carbons (Fsp3) is 0.364. The van der Waals surface area contributed by atoms with Crippen LogP contribution < -0.4 is 0 Å². The number of alkyl halides is 1. The zero-order chi connectivity index (χ0) is 13.3. The van der Waals surface area contributed by atoms with Crippen molar-refractivity contribution < 1.29 is 17.6 Å². The van der Waals surface area contributed by atoms with E-state index >= 15 is 0 Å². The minimum atomic E-state index is -3.75. The molecular weight excluding hydrogens is 267 g/mol. The summed E-state index contributed by atoms with van der Waals surface area (Å²) in [5.41, 5.74) is 0.0775. The first-order chi connectivity index (χ1) is 7.72. The molecule has 0 N–H and O–H groups in total. The molecule has 0 heterocycles. The highest BCUT2D eigenvalue weighted by atomic mass is 35.5. The molecule has 0 bridgehead atoms. The van der Waals surface area contributed by atoms with Crippen molar-refractivity contribution in [1.82, 2.24) is 0 Å². The van der Waals surface area contributed by atoms with Gasteiger partial charge in [-0.05, 0) is 30.7 Å². The van der Waals surface area contributed by atoms with E-state index in [0.717, 1.165) is 18.4 Å². The molecule has 6 heteroatoms. The van der Waals surface area contributed by atoms with E-state index in [0.29, 0.717) is 0 Å². The number of sulfone groups is 1. The third kappa shape index (κ3) is 2.66. The van der Waals surface area contributed by atoms with Gasteiger partial charge in [-0.15, -0.1) is 0 Å². The Morgan fingerprint density at radius 2 is 1.82 bits per heavy atom. The summed E-state index contributed by atoms with van der Waals surface area (Å²) in [5, 5.41) is 0. The molecule has 1 aromatic carbocycles. The van der Waals surface area contributed by atoms with Crippen LogP contribution in [0.25, 0.3) is 0 Å². The van der Waals surface area contributed by atoms with Gasteiger partial charge < -0.3 is 0 Å². The number of halogens is 2. The fourth-order valence-electron chi connectivity index (χ4n) is 1.41. The minimum Gasteiger partial charge on any atom is -0.291 e. The molecule has 0 amide bonds. The number of ketones is 1. The minimum absolute atomic E-state index is 0.0520. The summed E-state index contributed by atoms with van der Waals surface area (Å²) in [6.07, 6.45) is 0.856. The van der Waals surface area contributed by atoms with Crippen molar-refractivity contribution in [2.75, 3.05) is 6.26 Å². The Labute approximate surface area is 105 Å². The van der Waals surface area contributed by atoms with E-state index in [1.807, 2.05) is 0 Å². The van der Waals surface area contributed by atoms with Crippen molar-refractivity contribution in [3.63, 3.8) is 0 Å². The second kappa shape index (κ2) is 4.74. The lowest BCUT2D eigenvalue weighted by atomic mass is 10.1. The summed E-state index contributed by atoms with van der Waals surface area (Å²) in [6, 6.07) is 4.61. The molecule has 0 saturated heterocycles. The molecule has 0 spiro atoms. The lowest BCUT2D eigenvalue weighted by Crippen LogP contribution is -2.40. The maximum absolute atomic E-state index is 12.7. The van der Waals surface area contributed by atoms with E-state index in [-0.39, 0.29) is 12.0 Å². The number of Topliss-reactive ketones (excluding diaryl/α,β-unsaturated/α-hetero) is 1. The first-order valence-electron chi connectivity index (χ1n) is 4.91. The van der Waals surface area contributed by atoms with Crippen LogP contribution in [0.2, 0.25) is 0 Å². The van der Waals surface area contributed by atoms with Crippen LogP contribution in [0.5, 0.6) is 0 Å². The maximum atomic E-state index is 12.7. The number of carbonyl (C=O) groups is 1. The Morgan fingerprint density at radius 1 is 1.35 bits per heavy atom. The zero-order valence-corrected chi connectivity index (χ0v) is 11.0. The Hall–Kier alpha value is -0.940. The smallest absolute Gasteiger partial charge is 0.207 e. The molecule has 0 aliphatic carbocycles. The molecule has 94 valence electrons. The third-order valence-electron chi connectivity index (χ3n) is 2.49. The molecule has 0 aliphatic rings. The standard InChI is InChI=1S/C11H12ClFO3S/c1-3-11(12,17(2,15)16)10(14)8-4-6-9(13)7-5-8/h4-7H,3H2,1-2H3. The highest BCUT2D eigenvalue weighted by Crippen LogP contribution is 2.30. The van der Waals surface area contributed by atoms with Crippen LogP contribution in [0.1, 0.15) is 23.7 Å². The largest absolute Gasteiger partial charge is 0.291 e. The summed E-state index contributed by atoms with van der Waals surface area (Å²) in [6.45, 7) is 1.51. The fourth-order valence-corrected chi connectivity index (χ4v) is 2.50. The Morgan fingerprint density at radius 3 is 2.18 bits per heavy atom. The SMILES string of the molecule is CCC(Cl)(C(=O)c1ccc(F)cc1)S(C)(=O)=O. The number of benzene rings is 1. The second-order valence-electron chi connectivity index (χ2n) is 3.69. The van der Waals surface area contributed by atoms with Gasteiger partial charge in [0.05, 0.1) is 0 Å². The number of hydrogen-bond acceptors (Lipinski definition) is 3. The van der Waals surface area contributed by atoms with Gasteiger partial charge in [0.1, 0.15) is 5.82 Å². The summed E-state index contributed by atoms with van der Waals surface area (Å²) in [5.74, 6) is -1.23. The quantitative estimate of drug-likeness (QED) is 0.628. The molecular formula is C11H12ClFO3S. The normalized spacial score (nSPS) is 15.3. The van der Waals surface area contributed by atoms with Gasteiger partial charge >= 0.3 is 0 Å². The van der Waals surface area contributed by atoms with E-state index in [1.165, 1.54) is 19.1 Å². The topological polar surface area (TPSA) is 51.2 Å². The molecule has 17 heavy (non-hydrogen) atoms. The average molecular weight is 279 g/mol. The van der Waals surface area contributed by atoms with Crippen LogP contribution in [-0.2, 0) is 9.84 Å². The van der Waals surface area contributed by atoms with E-state index < -0.39 is 25.6 Å². The van der Waals surface area contributed by atoms with E-state index in [4.69, 9.17) is 11.6 Å². The van der Waals surface area contributed by atoms with Crippen molar-refractivity contribution in [3.8, 4) is 0 Å². The average Bonchev–Trinajstić information content (AvgIpc) is 2.26. The second-order valence-corrected chi connectivity index (χ2v) is 6.80. The van der Waals surface area contributed by atoms with Crippen molar-refractivity contribution in [3.05, 3.63) is 35.6 Å². The molecule has 1 atom stereocenters. The van der Waals surface area contributed by atoms with Gasteiger partial charge in [-0.3, -0.25) is 4.79 Å². The van der Waals surface area contributed by atoms with Gasteiger partial charge in [0.2, 0.25) is 4.21 Å². The number of hydrogen-bond donors (Lipinski definition) is 0. The van der Waals surface area contributed by atoms with E-state index in [1.54, 1.807) is 0 Å². The molecule has 1 unspecified atom stereocenters. The maximum Gasteiger partial charge on any atom is 0.207 e. The van der Waals surface area contributed by atoms with Gasteiger partial charge in [0, 0.05) is 11.8 Å². The van der Waals surface area contributed by atoms with Crippen LogP contribution in [-0.4, -0.2) is 24.7 Å². The van der Waals surface area contributed by atoms with Crippen LogP contribution in [0, 0.1) is 5.82 Å². The lowest BCUT2D eigenvalue weighted by molar-refractivity contribution is 0.0970. The first-order valence-corrected chi connectivity index (χ1v) is 7.18. The predicted molar refractivity (Wildman–Crippen MR) is 64.4 cm³/mol. The molecule has 0 aliphatic heterocycles. The zero-order valence-electron chi connectivity index (χ0n) is 9.41. The summed E-state index contributed by atoms with van der Waals surface area (Å²) >= 11 is 5.89. The van der Waals surface area contributed by atoms with Crippen molar-refractivity contribution in [2.24, 2.45) is 0 Å². The van der Waals surface area contributed by atoms with Crippen molar-refractivity contribution in [2.45, 2.75) is 17.6 Å². The van der Waals surface area contributed by atoms with Crippen molar-refractivity contribution in [1.29, 1.82) is 0 Å². The van der Waals surface area contributed by atoms with Crippen LogP contribution in [0.4, 0.5) is 4.39 Å². The van der Waals surface area contributed by atoms with E-state index in [2.05, 4.69) is 0 Å². The molecule has 0 aromatic heterocycles. The highest BCUT2D eigenvalue weighted by Gasteiger charge is 2.44. The van der Waals surface area contributed by atoms with Crippen LogP contribution in [0.15, 0.2) is 24.3 Å². The summed E-state index contributed by atoms with van der Waals surface area (Å²) in [4.78, 5) is 12.0. The van der Waals surface area contributed by atoms with E-state index in [9.17, 15) is 17.6 Å². The number of rotatable bonds is 4. The first kappa shape index (κ1) is 14.1. The highest BCUT2D eigenvalue weighted by molar-refractivity contribution is 7.94. The van der Waals surface area contributed by atoms with Crippen LogP contribution in [0.3, 0.4) is 0 Å². The third-order valence-corrected chi connectivity index (χ3v) is 5.42. The predicted octanol–water partition coefficient (Wildman–Crippen LogP) is 2.40. The van der Waals surface area contributed by atoms with Gasteiger partial charge in [-0.25, -0.2) is 12.8 Å². The molecule has 0 radical (unpaired) electrons. The van der Waals surface area contributed by atoms with Gasteiger partial charge in [0.25, 0.3) is 0 Å².